The molecule has 0 amide bonds. The van der Waals surface area contributed by atoms with Crippen molar-refractivity contribution in [1.29, 1.82) is 0 Å². The summed E-state index contributed by atoms with van der Waals surface area (Å²) in [6.07, 6.45) is 8.10. The zero-order chi connectivity index (χ0) is 28.5. The van der Waals surface area contributed by atoms with E-state index in [0.29, 0.717) is 5.92 Å². The molecule has 0 radical (unpaired) electrons. The Morgan fingerprint density at radius 1 is 0.634 bits per heavy atom. The fourth-order valence-electron chi connectivity index (χ4n) is 8.25. The standard InChI is InChI=1S/C37H36Si.2CH3.Hf/c1-6-9-32-29-12-8-13-31(34-19-24(3)15-17-26(34)5)36(29)22-37(32)38-28-20-27-10-7-11-30(35(27)21-28)33-18-23(2)14-16-25(33)4;;;/h7-8,10-22,32H,1,6,9,38H2,2-5H3;2*1H3;. The summed E-state index contributed by atoms with van der Waals surface area (Å²) in [6.45, 7) is 9.00. The van der Waals surface area contributed by atoms with E-state index in [1.54, 1.807) is 21.9 Å². The Morgan fingerprint density at radius 2 is 1.20 bits per heavy atom. The van der Waals surface area contributed by atoms with Crippen molar-refractivity contribution in [3.8, 4) is 22.3 Å². The van der Waals surface area contributed by atoms with Crippen LogP contribution in [0, 0.1) is 27.7 Å². The molecular formula is C39H42HfSi. The number of rotatable bonds is 2. The van der Waals surface area contributed by atoms with Gasteiger partial charge in [0.1, 0.15) is 0 Å². The molecule has 3 aliphatic rings. The average Bonchev–Trinajstić information content (AvgIpc) is 3.50. The molecular weight excluding hydrogens is 675 g/mol. The predicted molar refractivity (Wildman–Crippen MR) is 178 cm³/mol. The molecule has 2 heteroatoms. The Morgan fingerprint density at radius 3 is 1.83 bits per heavy atom. The van der Waals surface area contributed by atoms with Crippen molar-refractivity contribution in [2.75, 3.05) is 0 Å². The number of fused-ring (bicyclic) bond motifs is 6. The molecule has 206 valence electrons. The van der Waals surface area contributed by atoms with Gasteiger partial charge in [-0.25, -0.2) is 0 Å². The Labute approximate surface area is 253 Å². The zero-order valence-corrected chi connectivity index (χ0v) is 30.6. The molecule has 1 saturated heterocycles. The molecule has 4 aromatic carbocycles. The first-order chi connectivity index (χ1) is 19.7. The Kier molecular flexibility index (Phi) is 6.87. The molecule has 0 N–H and O–H groups in total. The van der Waals surface area contributed by atoms with Crippen molar-refractivity contribution >= 4 is 21.7 Å². The Balaban J connectivity index is 1.36. The van der Waals surface area contributed by atoms with Gasteiger partial charge in [0.25, 0.3) is 0 Å². The van der Waals surface area contributed by atoms with E-state index in [0.717, 1.165) is 3.67 Å². The minimum absolute atomic E-state index is 0.558. The summed E-state index contributed by atoms with van der Waals surface area (Å²) in [5.41, 5.74) is 17.5. The maximum absolute atomic E-state index is 2.77. The molecule has 0 bridgehead atoms. The molecule has 0 nitrogen and oxygen atoms in total. The zero-order valence-electron chi connectivity index (χ0n) is 25.6. The summed E-state index contributed by atoms with van der Waals surface area (Å²) < 4.78 is 7.77. The van der Waals surface area contributed by atoms with Crippen LogP contribution in [0.4, 0.5) is 0 Å². The van der Waals surface area contributed by atoms with Crippen LogP contribution in [0.15, 0.2) is 83.2 Å². The quantitative estimate of drug-likeness (QED) is 0.181. The van der Waals surface area contributed by atoms with Gasteiger partial charge in [0.15, 0.2) is 0 Å². The van der Waals surface area contributed by atoms with Gasteiger partial charge in [-0.1, -0.05) is 0 Å². The SMILES string of the molecule is Cc1ccc(C)c(-c2cccc3c2C=C2[SiH2]C4=Cc5c(-c6cc(C)ccc6C)cccc5[CH]4[Hf]([CH3])([CH3])[CH2]CCC23)c1. The summed E-state index contributed by atoms with van der Waals surface area (Å²) >= 11 is -2.57. The first-order valence-corrected chi connectivity index (χ1v) is 28.7. The number of aryl methyl sites for hydroxylation is 4. The topological polar surface area (TPSA) is 0 Å². The van der Waals surface area contributed by atoms with Gasteiger partial charge in [0.2, 0.25) is 0 Å². The summed E-state index contributed by atoms with van der Waals surface area (Å²) in [5.74, 6) is 0.618. The number of benzene rings is 4. The van der Waals surface area contributed by atoms with Crippen LogP contribution in [-0.2, 0) is 20.0 Å². The van der Waals surface area contributed by atoms with Gasteiger partial charge in [0, 0.05) is 0 Å². The Hall–Kier alpha value is -2.55. The molecule has 1 aliphatic heterocycles. The van der Waals surface area contributed by atoms with Crippen LogP contribution in [0.5, 0.6) is 0 Å². The van der Waals surface area contributed by atoms with Crippen molar-refractivity contribution in [2.45, 2.75) is 63.7 Å². The van der Waals surface area contributed by atoms with Gasteiger partial charge in [-0.15, -0.1) is 0 Å². The molecule has 4 aromatic rings. The monoisotopic (exact) mass is 718 g/mol. The van der Waals surface area contributed by atoms with Crippen LogP contribution in [0.3, 0.4) is 0 Å². The van der Waals surface area contributed by atoms with Crippen molar-refractivity contribution in [2.24, 2.45) is 0 Å². The van der Waals surface area contributed by atoms with Crippen molar-refractivity contribution < 1.29 is 20.0 Å². The first-order valence-electron chi connectivity index (χ1n) is 15.5. The normalized spacial score (nSPS) is 21.1. The van der Waals surface area contributed by atoms with E-state index in [1.165, 1.54) is 67.1 Å². The van der Waals surface area contributed by atoms with E-state index in [-0.39, 0.29) is 0 Å². The average molecular weight is 717 g/mol. The van der Waals surface area contributed by atoms with Gasteiger partial charge >= 0.3 is 255 Å². The van der Waals surface area contributed by atoms with Gasteiger partial charge in [-0.05, 0) is 0 Å². The fourth-order valence-corrected chi connectivity index (χ4v) is 28.9. The second-order valence-electron chi connectivity index (χ2n) is 13.7. The van der Waals surface area contributed by atoms with Crippen LogP contribution in [0.2, 0.25) is 13.5 Å². The summed E-state index contributed by atoms with van der Waals surface area (Å²) in [7, 11) is -0.558. The number of hydrogen-bond acceptors (Lipinski definition) is 0. The second kappa shape index (κ2) is 10.3. The van der Waals surface area contributed by atoms with Crippen LogP contribution in [0.1, 0.15) is 66.9 Å². The van der Waals surface area contributed by atoms with Crippen LogP contribution in [-0.4, -0.2) is 9.52 Å². The summed E-state index contributed by atoms with van der Waals surface area (Å²) in [6, 6.07) is 28.3. The molecule has 0 saturated carbocycles. The third-order valence-corrected chi connectivity index (χ3v) is 27.9. The molecule has 1 heterocycles. The van der Waals surface area contributed by atoms with E-state index >= 15 is 0 Å². The molecule has 1 fully saturated rings. The van der Waals surface area contributed by atoms with Crippen molar-refractivity contribution in [1.82, 2.24) is 0 Å². The molecule has 2 atom stereocenters. The first kappa shape index (κ1) is 27.3. The number of allylic oxidation sites excluding steroid dienone is 2. The van der Waals surface area contributed by atoms with Crippen molar-refractivity contribution in [3.05, 3.63) is 128 Å². The van der Waals surface area contributed by atoms with Gasteiger partial charge in [0.05, 0.1) is 0 Å². The summed E-state index contributed by atoms with van der Waals surface area (Å²) in [5, 5.41) is 3.64. The van der Waals surface area contributed by atoms with Crippen molar-refractivity contribution in [3.63, 3.8) is 0 Å². The van der Waals surface area contributed by atoms with Gasteiger partial charge in [-0.3, -0.25) is 0 Å². The van der Waals surface area contributed by atoms with E-state index < -0.39 is 29.5 Å². The van der Waals surface area contributed by atoms with Gasteiger partial charge in [-0.2, -0.15) is 0 Å². The molecule has 0 aromatic heterocycles. The van der Waals surface area contributed by atoms with Crippen LogP contribution in [0.25, 0.3) is 34.4 Å². The number of hydrogen-bond donors (Lipinski definition) is 0. The molecule has 0 spiro atoms. The summed E-state index contributed by atoms with van der Waals surface area (Å²) in [4.78, 5) is 0. The van der Waals surface area contributed by atoms with Crippen LogP contribution >= 0.6 is 0 Å². The molecule has 41 heavy (non-hydrogen) atoms. The molecule has 2 unspecified atom stereocenters. The second-order valence-corrected chi connectivity index (χ2v) is 33.9. The van der Waals surface area contributed by atoms with Gasteiger partial charge < -0.3 is 0 Å². The molecule has 2 aliphatic carbocycles. The maximum atomic E-state index is 2.77. The fraction of sp³-hybridized carbons (Fsp3) is 0.282. The van der Waals surface area contributed by atoms with E-state index in [4.69, 9.17) is 0 Å². The van der Waals surface area contributed by atoms with E-state index in [9.17, 15) is 0 Å². The third kappa shape index (κ3) is 4.66. The van der Waals surface area contributed by atoms with Crippen LogP contribution < -0.4 is 0 Å². The predicted octanol–water partition coefficient (Wildman–Crippen LogP) is 10.4. The molecule has 7 rings (SSSR count). The van der Waals surface area contributed by atoms with E-state index in [1.807, 2.05) is 5.20 Å². The Bertz CT molecular complexity index is 1770. The third-order valence-electron chi connectivity index (χ3n) is 10.3. The minimum atomic E-state index is -2.57. The van der Waals surface area contributed by atoms with E-state index in [2.05, 4.69) is 122 Å².